The van der Waals surface area contributed by atoms with Gasteiger partial charge in [0.15, 0.2) is 0 Å². The molecule has 1 N–H and O–H groups in total. The van der Waals surface area contributed by atoms with E-state index in [4.69, 9.17) is 0 Å². The molecule has 0 aromatic carbocycles. The molecule has 0 saturated carbocycles. The monoisotopic (exact) mass is 254 g/mol. The Morgan fingerprint density at radius 2 is 2.11 bits per heavy atom. The van der Waals surface area contributed by atoms with Crippen LogP contribution < -0.4 is 5.32 Å². The Hall–Kier alpha value is -1.06. The summed E-state index contributed by atoms with van der Waals surface area (Å²) in [7, 11) is 0. The molecule has 104 valence electrons. The molecule has 4 heteroatoms. The number of hydrogen-bond donors (Lipinski definition) is 1. The molecule has 1 saturated heterocycles. The zero-order chi connectivity index (χ0) is 13.7. The first-order chi connectivity index (χ1) is 8.43. The zero-order valence-corrected chi connectivity index (χ0v) is 12.0. The first kappa shape index (κ1) is 15.0. The van der Waals surface area contributed by atoms with Crippen LogP contribution in [0.3, 0.4) is 0 Å². The standard InChI is InChI=1S/C14H26N2O2/c1-5-11(4)15-14(18)12-8-13(17)16(9-12)7-6-10(2)3/h10-12H,5-9H2,1-4H3,(H,15,18). The van der Waals surface area contributed by atoms with Gasteiger partial charge in [-0.25, -0.2) is 0 Å². The van der Waals surface area contributed by atoms with Gasteiger partial charge in [0.25, 0.3) is 0 Å². The third kappa shape index (κ3) is 4.31. The van der Waals surface area contributed by atoms with Gasteiger partial charge in [0.1, 0.15) is 0 Å². The van der Waals surface area contributed by atoms with E-state index < -0.39 is 0 Å². The molecule has 0 aliphatic carbocycles. The van der Waals surface area contributed by atoms with E-state index in [0.29, 0.717) is 18.9 Å². The van der Waals surface area contributed by atoms with E-state index in [1.165, 1.54) is 0 Å². The Morgan fingerprint density at radius 3 is 2.67 bits per heavy atom. The number of rotatable bonds is 6. The summed E-state index contributed by atoms with van der Waals surface area (Å²) in [6, 6.07) is 0.192. The summed E-state index contributed by atoms with van der Waals surface area (Å²) in [5, 5.41) is 2.96. The minimum absolute atomic E-state index is 0.0322. The van der Waals surface area contributed by atoms with Crippen LogP contribution in [0.1, 0.15) is 47.0 Å². The van der Waals surface area contributed by atoms with Crippen molar-refractivity contribution >= 4 is 11.8 Å². The van der Waals surface area contributed by atoms with E-state index in [9.17, 15) is 9.59 Å². The van der Waals surface area contributed by atoms with Crippen LogP contribution in [0.4, 0.5) is 0 Å². The molecule has 2 amide bonds. The van der Waals surface area contributed by atoms with Crippen molar-refractivity contribution in [3.8, 4) is 0 Å². The maximum absolute atomic E-state index is 12.0. The maximum atomic E-state index is 12.0. The smallest absolute Gasteiger partial charge is 0.225 e. The summed E-state index contributed by atoms with van der Waals surface area (Å²) in [6.45, 7) is 9.70. The average molecular weight is 254 g/mol. The molecule has 2 atom stereocenters. The first-order valence-corrected chi connectivity index (χ1v) is 7.02. The summed E-state index contributed by atoms with van der Waals surface area (Å²) in [5.41, 5.74) is 0. The van der Waals surface area contributed by atoms with Gasteiger partial charge in [0, 0.05) is 25.6 Å². The van der Waals surface area contributed by atoms with Gasteiger partial charge in [-0.05, 0) is 25.7 Å². The summed E-state index contributed by atoms with van der Waals surface area (Å²) < 4.78 is 0. The molecule has 1 aliphatic heterocycles. The molecule has 0 bridgehead atoms. The van der Waals surface area contributed by atoms with Gasteiger partial charge in [0.2, 0.25) is 11.8 Å². The van der Waals surface area contributed by atoms with E-state index in [-0.39, 0.29) is 23.8 Å². The molecule has 0 aromatic heterocycles. The number of likely N-dealkylation sites (tertiary alicyclic amines) is 1. The Labute approximate surface area is 110 Å². The number of nitrogens with zero attached hydrogens (tertiary/aromatic N) is 1. The second kappa shape index (κ2) is 6.76. The number of carbonyl (C=O) groups is 2. The van der Waals surface area contributed by atoms with Crippen LogP contribution in [0.5, 0.6) is 0 Å². The fourth-order valence-corrected chi connectivity index (χ4v) is 2.04. The van der Waals surface area contributed by atoms with Crippen molar-refractivity contribution < 1.29 is 9.59 Å². The summed E-state index contributed by atoms with van der Waals surface area (Å²) in [5.74, 6) is 0.592. The molecular formula is C14H26N2O2. The van der Waals surface area contributed by atoms with Crippen molar-refractivity contribution in [1.29, 1.82) is 0 Å². The number of hydrogen-bond acceptors (Lipinski definition) is 2. The van der Waals surface area contributed by atoms with E-state index in [0.717, 1.165) is 19.4 Å². The van der Waals surface area contributed by atoms with Gasteiger partial charge < -0.3 is 10.2 Å². The summed E-state index contributed by atoms with van der Waals surface area (Å²) in [4.78, 5) is 25.6. The molecule has 1 aliphatic rings. The lowest BCUT2D eigenvalue weighted by Crippen LogP contribution is -2.38. The van der Waals surface area contributed by atoms with Crippen molar-refractivity contribution in [2.75, 3.05) is 13.1 Å². The number of carbonyl (C=O) groups excluding carboxylic acids is 2. The van der Waals surface area contributed by atoms with Crippen LogP contribution in [0.2, 0.25) is 0 Å². The Morgan fingerprint density at radius 1 is 1.44 bits per heavy atom. The Balaban J connectivity index is 2.42. The normalized spacial score (nSPS) is 21.5. The van der Waals surface area contributed by atoms with E-state index >= 15 is 0 Å². The second-order valence-corrected chi connectivity index (χ2v) is 5.74. The predicted octanol–water partition coefficient (Wildman–Crippen LogP) is 1.80. The quantitative estimate of drug-likeness (QED) is 0.785. The lowest BCUT2D eigenvalue weighted by Gasteiger charge is -2.18. The minimum atomic E-state index is -0.154. The molecule has 18 heavy (non-hydrogen) atoms. The van der Waals surface area contributed by atoms with E-state index in [1.54, 1.807) is 0 Å². The van der Waals surface area contributed by atoms with Crippen molar-refractivity contribution in [3.05, 3.63) is 0 Å². The SMILES string of the molecule is CCC(C)NC(=O)C1CC(=O)N(CCC(C)C)C1. The topological polar surface area (TPSA) is 49.4 Å². The minimum Gasteiger partial charge on any atom is -0.353 e. The lowest BCUT2D eigenvalue weighted by molar-refractivity contribution is -0.129. The molecule has 1 heterocycles. The fraction of sp³-hybridized carbons (Fsp3) is 0.857. The first-order valence-electron chi connectivity index (χ1n) is 7.02. The fourth-order valence-electron chi connectivity index (χ4n) is 2.04. The van der Waals surface area contributed by atoms with Gasteiger partial charge in [-0.1, -0.05) is 20.8 Å². The summed E-state index contributed by atoms with van der Waals surface area (Å²) >= 11 is 0. The number of amides is 2. The highest BCUT2D eigenvalue weighted by Gasteiger charge is 2.34. The van der Waals surface area contributed by atoms with Crippen LogP contribution in [0.15, 0.2) is 0 Å². The largest absolute Gasteiger partial charge is 0.353 e. The maximum Gasteiger partial charge on any atom is 0.225 e. The highest BCUT2D eigenvalue weighted by atomic mass is 16.2. The zero-order valence-electron chi connectivity index (χ0n) is 12.0. The van der Waals surface area contributed by atoms with Gasteiger partial charge in [0.05, 0.1) is 5.92 Å². The van der Waals surface area contributed by atoms with Gasteiger partial charge in [-0.15, -0.1) is 0 Å². The van der Waals surface area contributed by atoms with Crippen molar-refractivity contribution in [2.24, 2.45) is 11.8 Å². The van der Waals surface area contributed by atoms with Gasteiger partial charge in [-0.2, -0.15) is 0 Å². The third-order valence-corrected chi connectivity index (χ3v) is 3.56. The van der Waals surface area contributed by atoms with Crippen LogP contribution in [-0.4, -0.2) is 35.8 Å². The Kier molecular flexibility index (Phi) is 5.63. The van der Waals surface area contributed by atoms with Crippen molar-refractivity contribution in [2.45, 2.75) is 53.0 Å². The molecule has 0 radical (unpaired) electrons. The lowest BCUT2D eigenvalue weighted by atomic mass is 10.1. The molecule has 2 unspecified atom stereocenters. The summed E-state index contributed by atoms with van der Waals surface area (Å²) in [6.07, 6.45) is 2.30. The van der Waals surface area contributed by atoms with Crippen molar-refractivity contribution in [1.82, 2.24) is 10.2 Å². The molecule has 0 spiro atoms. The second-order valence-electron chi connectivity index (χ2n) is 5.74. The van der Waals surface area contributed by atoms with Crippen LogP contribution in [-0.2, 0) is 9.59 Å². The van der Waals surface area contributed by atoms with Crippen LogP contribution in [0, 0.1) is 11.8 Å². The Bertz CT molecular complexity index is 302. The van der Waals surface area contributed by atoms with Crippen molar-refractivity contribution in [3.63, 3.8) is 0 Å². The average Bonchev–Trinajstić information content (AvgIpc) is 2.68. The third-order valence-electron chi connectivity index (χ3n) is 3.56. The van der Waals surface area contributed by atoms with E-state index in [2.05, 4.69) is 19.2 Å². The highest BCUT2D eigenvalue weighted by Crippen LogP contribution is 2.19. The molecule has 0 aromatic rings. The van der Waals surface area contributed by atoms with E-state index in [1.807, 2.05) is 18.7 Å². The number of nitrogens with one attached hydrogen (secondary N) is 1. The molecule has 4 nitrogen and oxygen atoms in total. The van der Waals surface area contributed by atoms with Crippen LogP contribution in [0.25, 0.3) is 0 Å². The highest BCUT2D eigenvalue weighted by molar-refractivity contribution is 5.89. The predicted molar refractivity (Wildman–Crippen MR) is 72.0 cm³/mol. The molecular weight excluding hydrogens is 228 g/mol. The van der Waals surface area contributed by atoms with Gasteiger partial charge >= 0.3 is 0 Å². The van der Waals surface area contributed by atoms with Gasteiger partial charge in [-0.3, -0.25) is 9.59 Å². The van der Waals surface area contributed by atoms with Crippen LogP contribution >= 0.6 is 0 Å². The molecule has 1 fully saturated rings. The molecule has 1 rings (SSSR count).